The van der Waals surface area contributed by atoms with Gasteiger partial charge in [-0.1, -0.05) is 0 Å². The van der Waals surface area contributed by atoms with E-state index in [-0.39, 0.29) is 18.1 Å². The Labute approximate surface area is 121 Å². The third kappa shape index (κ3) is 2.14. The summed E-state index contributed by atoms with van der Waals surface area (Å²) in [5.41, 5.74) is 7.70. The van der Waals surface area contributed by atoms with Crippen molar-refractivity contribution in [2.75, 3.05) is 12.3 Å². The van der Waals surface area contributed by atoms with Crippen molar-refractivity contribution in [1.29, 1.82) is 0 Å². The number of ether oxygens (including phenoxy) is 1. The lowest BCUT2D eigenvalue weighted by Crippen LogP contribution is -2.39. The lowest BCUT2D eigenvalue weighted by molar-refractivity contribution is 0.0870. The summed E-state index contributed by atoms with van der Waals surface area (Å²) in [6.45, 7) is 4.63. The number of pyridine rings is 1. The van der Waals surface area contributed by atoms with E-state index in [9.17, 15) is 4.79 Å². The topological polar surface area (TPSA) is 77.2 Å². The molecule has 3 N–H and O–H groups in total. The minimum absolute atomic E-state index is 0.0504. The van der Waals surface area contributed by atoms with E-state index in [1.54, 1.807) is 6.20 Å². The van der Waals surface area contributed by atoms with E-state index in [2.05, 4.69) is 10.3 Å². The summed E-state index contributed by atoms with van der Waals surface area (Å²) in [6, 6.07) is 1.96. The molecule has 20 heavy (non-hydrogen) atoms. The molecule has 0 radical (unpaired) electrons. The average Bonchev–Trinajstić information content (AvgIpc) is 2.95. The summed E-state index contributed by atoms with van der Waals surface area (Å²) >= 11 is 1.34. The average molecular weight is 291 g/mol. The van der Waals surface area contributed by atoms with Crippen molar-refractivity contribution in [1.82, 2.24) is 10.3 Å². The predicted molar refractivity (Wildman–Crippen MR) is 80.1 cm³/mol. The molecule has 106 valence electrons. The first-order chi connectivity index (χ1) is 9.58. The van der Waals surface area contributed by atoms with Gasteiger partial charge in [-0.25, -0.2) is 4.98 Å². The van der Waals surface area contributed by atoms with Crippen LogP contribution in [0.15, 0.2) is 12.3 Å². The quantitative estimate of drug-likeness (QED) is 0.888. The molecule has 0 saturated carbocycles. The fraction of sp³-hybridized carbons (Fsp3) is 0.429. The Morgan fingerprint density at radius 2 is 2.40 bits per heavy atom. The molecule has 2 aromatic heterocycles. The van der Waals surface area contributed by atoms with Gasteiger partial charge in [0.1, 0.15) is 9.71 Å². The van der Waals surface area contributed by atoms with Crippen molar-refractivity contribution in [3.05, 3.63) is 22.7 Å². The van der Waals surface area contributed by atoms with E-state index in [0.29, 0.717) is 17.2 Å². The highest BCUT2D eigenvalue weighted by atomic mass is 32.1. The maximum absolute atomic E-state index is 12.4. The smallest absolute Gasteiger partial charge is 0.263 e. The van der Waals surface area contributed by atoms with Crippen LogP contribution in [0.3, 0.4) is 0 Å². The van der Waals surface area contributed by atoms with Gasteiger partial charge in [-0.2, -0.15) is 0 Å². The van der Waals surface area contributed by atoms with Gasteiger partial charge in [0, 0.05) is 18.2 Å². The number of aromatic nitrogens is 1. The van der Waals surface area contributed by atoms with Crippen LogP contribution >= 0.6 is 11.3 Å². The van der Waals surface area contributed by atoms with Crippen LogP contribution in [0.4, 0.5) is 5.69 Å². The molecule has 0 bridgehead atoms. The van der Waals surface area contributed by atoms with Crippen LogP contribution in [0.1, 0.15) is 28.6 Å². The second kappa shape index (κ2) is 5.03. The number of hydrogen-bond donors (Lipinski definition) is 2. The maximum Gasteiger partial charge on any atom is 0.263 e. The van der Waals surface area contributed by atoms with Crippen LogP contribution in [-0.4, -0.2) is 29.6 Å². The van der Waals surface area contributed by atoms with Gasteiger partial charge < -0.3 is 15.8 Å². The third-order valence-electron chi connectivity index (χ3n) is 3.74. The van der Waals surface area contributed by atoms with Crippen molar-refractivity contribution in [2.45, 2.75) is 32.4 Å². The van der Waals surface area contributed by atoms with Crippen LogP contribution in [-0.2, 0) is 4.74 Å². The SMILES string of the molecule is Cc1ccnc2sc(C(=O)NC3CCOC3C)c(N)c12. The van der Waals surface area contributed by atoms with Gasteiger partial charge in [0.25, 0.3) is 5.91 Å². The Hall–Kier alpha value is -1.66. The summed E-state index contributed by atoms with van der Waals surface area (Å²) in [5.74, 6) is -0.132. The molecule has 0 aromatic carbocycles. The molecule has 0 spiro atoms. The first-order valence-corrected chi connectivity index (χ1v) is 7.45. The van der Waals surface area contributed by atoms with Crippen LogP contribution in [0.2, 0.25) is 0 Å². The standard InChI is InChI=1S/C14H17N3O2S/c1-7-3-5-16-14-10(7)11(15)12(20-14)13(18)17-9-4-6-19-8(9)2/h3,5,8-9H,4,6,15H2,1-2H3,(H,17,18). The molecular formula is C14H17N3O2S. The van der Waals surface area contributed by atoms with E-state index in [1.165, 1.54) is 11.3 Å². The Morgan fingerprint density at radius 3 is 3.05 bits per heavy atom. The van der Waals surface area contributed by atoms with Crippen molar-refractivity contribution >= 4 is 33.1 Å². The van der Waals surface area contributed by atoms with Gasteiger partial charge in [0.05, 0.1) is 17.8 Å². The number of hydrogen-bond acceptors (Lipinski definition) is 5. The van der Waals surface area contributed by atoms with Crippen molar-refractivity contribution in [2.24, 2.45) is 0 Å². The summed E-state index contributed by atoms with van der Waals surface area (Å²) in [7, 11) is 0. The third-order valence-corrected chi connectivity index (χ3v) is 4.85. The molecule has 2 aromatic rings. The van der Waals surface area contributed by atoms with Crippen LogP contribution in [0, 0.1) is 6.92 Å². The zero-order chi connectivity index (χ0) is 14.3. The zero-order valence-electron chi connectivity index (χ0n) is 11.5. The number of carbonyl (C=O) groups excluding carboxylic acids is 1. The summed E-state index contributed by atoms with van der Waals surface area (Å²) in [5, 5.41) is 3.89. The Morgan fingerprint density at radius 1 is 1.60 bits per heavy atom. The molecule has 2 unspecified atom stereocenters. The summed E-state index contributed by atoms with van der Waals surface area (Å²) < 4.78 is 5.46. The van der Waals surface area contributed by atoms with Crippen molar-refractivity contribution in [3.8, 4) is 0 Å². The monoisotopic (exact) mass is 291 g/mol. The highest BCUT2D eigenvalue weighted by molar-refractivity contribution is 7.21. The van der Waals surface area contributed by atoms with E-state index >= 15 is 0 Å². The van der Waals surface area contributed by atoms with Gasteiger partial charge in [-0.3, -0.25) is 4.79 Å². The number of carbonyl (C=O) groups is 1. The molecule has 1 aliphatic rings. The molecule has 5 nitrogen and oxygen atoms in total. The van der Waals surface area contributed by atoms with E-state index in [0.717, 1.165) is 22.2 Å². The van der Waals surface area contributed by atoms with Crippen LogP contribution in [0.25, 0.3) is 10.2 Å². The molecule has 1 saturated heterocycles. The molecule has 1 aliphatic heterocycles. The number of nitrogen functional groups attached to an aromatic ring is 1. The number of rotatable bonds is 2. The lowest BCUT2D eigenvalue weighted by Gasteiger charge is -2.15. The number of anilines is 1. The number of nitrogens with zero attached hydrogens (tertiary/aromatic N) is 1. The molecule has 6 heteroatoms. The van der Waals surface area contributed by atoms with Gasteiger partial charge >= 0.3 is 0 Å². The normalized spacial score (nSPS) is 22.3. The van der Waals surface area contributed by atoms with E-state index in [4.69, 9.17) is 10.5 Å². The summed E-state index contributed by atoms with van der Waals surface area (Å²) in [6.07, 6.45) is 2.63. The number of thiophene rings is 1. The van der Waals surface area contributed by atoms with Crippen molar-refractivity contribution in [3.63, 3.8) is 0 Å². The molecule has 3 heterocycles. The first-order valence-electron chi connectivity index (χ1n) is 6.64. The predicted octanol–water partition coefficient (Wildman–Crippen LogP) is 2.09. The van der Waals surface area contributed by atoms with Crippen LogP contribution < -0.4 is 11.1 Å². The van der Waals surface area contributed by atoms with Gasteiger partial charge in [0.2, 0.25) is 0 Å². The minimum atomic E-state index is -0.132. The Bertz CT molecular complexity index is 668. The van der Waals surface area contributed by atoms with Crippen LogP contribution in [0.5, 0.6) is 0 Å². The first kappa shape index (κ1) is 13.3. The lowest BCUT2D eigenvalue weighted by atomic mass is 10.1. The second-order valence-electron chi connectivity index (χ2n) is 5.10. The number of aryl methyl sites for hydroxylation is 1. The number of amides is 1. The van der Waals surface area contributed by atoms with Gasteiger partial charge in [0.15, 0.2) is 0 Å². The van der Waals surface area contributed by atoms with Crippen molar-refractivity contribution < 1.29 is 9.53 Å². The number of nitrogens with one attached hydrogen (secondary N) is 1. The number of nitrogens with two attached hydrogens (primary N) is 1. The van der Waals surface area contributed by atoms with E-state index in [1.807, 2.05) is 19.9 Å². The molecule has 1 fully saturated rings. The molecule has 3 rings (SSSR count). The fourth-order valence-corrected chi connectivity index (χ4v) is 3.57. The largest absolute Gasteiger partial charge is 0.397 e. The van der Waals surface area contributed by atoms with E-state index < -0.39 is 0 Å². The zero-order valence-corrected chi connectivity index (χ0v) is 12.3. The highest BCUT2D eigenvalue weighted by Gasteiger charge is 2.27. The maximum atomic E-state index is 12.4. The minimum Gasteiger partial charge on any atom is -0.397 e. The molecule has 0 aliphatic carbocycles. The molecular weight excluding hydrogens is 274 g/mol. The highest BCUT2D eigenvalue weighted by Crippen LogP contribution is 2.34. The Kier molecular flexibility index (Phi) is 3.35. The Balaban J connectivity index is 1.92. The summed E-state index contributed by atoms with van der Waals surface area (Å²) in [4.78, 5) is 18.0. The van der Waals surface area contributed by atoms with Gasteiger partial charge in [-0.05, 0) is 31.9 Å². The molecule has 2 atom stereocenters. The number of fused-ring (bicyclic) bond motifs is 1. The van der Waals surface area contributed by atoms with Gasteiger partial charge in [-0.15, -0.1) is 11.3 Å². The molecule has 1 amide bonds. The second-order valence-corrected chi connectivity index (χ2v) is 6.10. The fourth-order valence-electron chi connectivity index (χ4n) is 2.53.